The van der Waals surface area contributed by atoms with E-state index in [1.807, 2.05) is 18.7 Å². The average Bonchev–Trinajstić information content (AvgIpc) is 3.17. The van der Waals surface area contributed by atoms with Crippen LogP contribution in [0.3, 0.4) is 0 Å². The smallest absolute Gasteiger partial charge is 0.362 e. The van der Waals surface area contributed by atoms with Crippen LogP contribution >= 0.6 is 0 Å². The second kappa shape index (κ2) is 12.5. The summed E-state index contributed by atoms with van der Waals surface area (Å²) in [6.07, 6.45) is -0.367. The van der Waals surface area contributed by atoms with Crippen LogP contribution in [0.25, 0.3) is 0 Å². The number of hydrogen-bond donors (Lipinski definition) is 2. The number of nitrogens with one attached hydrogen (secondary N) is 1. The number of amides is 1. The monoisotopic (exact) mass is 637 g/mol. The summed E-state index contributed by atoms with van der Waals surface area (Å²) in [7, 11) is -5.91. The van der Waals surface area contributed by atoms with E-state index in [1.54, 1.807) is 0 Å². The molecule has 3 heterocycles. The number of esters is 2. The van der Waals surface area contributed by atoms with E-state index in [1.165, 1.54) is 17.0 Å². The molecule has 1 aromatic rings. The molecule has 0 radical (unpaired) electrons. The molecule has 2 fully saturated rings. The minimum Gasteiger partial charge on any atom is -0.413 e. The third-order valence-corrected chi connectivity index (χ3v) is 14.4. The molecule has 2 saturated heterocycles. The van der Waals surface area contributed by atoms with Crippen molar-refractivity contribution in [2.45, 2.75) is 70.9 Å². The van der Waals surface area contributed by atoms with E-state index in [9.17, 15) is 32.9 Å². The Balaban J connectivity index is 1.57. The lowest BCUT2D eigenvalue weighted by atomic mass is 9.77. The van der Waals surface area contributed by atoms with Gasteiger partial charge < -0.3 is 14.1 Å². The third-order valence-electron chi connectivity index (χ3n) is 9.04. The molecule has 3 aliphatic heterocycles. The fraction of sp³-hybridized carbons (Fsp3) is 0.593. The molecule has 16 heteroatoms. The van der Waals surface area contributed by atoms with Gasteiger partial charge in [0.15, 0.2) is 8.32 Å². The number of nitrogens with zero attached hydrogens (tertiary/aromatic N) is 3. The second-order valence-electron chi connectivity index (χ2n) is 11.5. The molecule has 14 nitrogen and oxygen atoms in total. The van der Waals surface area contributed by atoms with E-state index in [0.717, 1.165) is 30.3 Å². The Morgan fingerprint density at radius 2 is 1.72 bits per heavy atom. The van der Waals surface area contributed by atoms with Crippen molar-refractivity contribution in [1.82, 2.24) is 14.5 Å². The van der Waals surface area contributed by atoms with Crippen LogP contribution in [0.5, 0.6) is 0 Å². The lowest BCUT2D eigenvalue weighted by Crippen LogP contribution is -2.65. The Morgan fingerprint density at radius 1 is 1.14 bits per heavy atom. The summed E-state index contributed by atoms with van der Waals surface area (Å²) in [5.74, 6) is -3.03. The highest BCUT2D eigenvalue weighted by molar-refractivity contribution is 7.87. The first-order chi connectivity index (χ1) is 20.1. The molecule has 0 aromatic heterocycles. The van der Waals surface area contributed by atoms with Gasteiger partial charge in [-0.1, -0.05) is 27.7 Å². The van der Waals surface area contributed by atoms with Gasteiger partial charge in [-0.3, -0.25) is 19.8 Å². The maximum absolute atomic E-state index is 13.6. The number of nitrogens with two attached hydrogens (primary N) is 1. The van der Waals surface area contributed by atoms with Gasteiger partial charge in [0.25, 0.3) is 15.9 Å². The van der Waals surface area contributed by atoms with E-state index in [2.05, 4.69) is 25.5 Å². The van der Waals surface area contributed by atoms with Crippen molar-refractivity contribution in [3.05, 3.63) is 51.2 Å². The molecule has 4 atom stereocenters. The number of rotatable bonds is 13. The number of hydrogen-bond acceptors (Lipinski definition) is 10. The highest BCUT2D eigenvalue weighted by Gasteiger charge is 2.61. The zero-order valence-electron chi connectivity index (χ0n) is 24.9. The van der Waals surface area contributed by atoms with Crippen molar-refractivity contribution in [1.29, 1.82) is 0 Å². The molecule has 0 unspecified atom stereocenters. The molecule has 0 saturated carbocycles. The molecular formula is C27H39N5O9SSi. The topological polar surface area (TPSA) is 191 Å². The minimum absolute atomic E-state index is 0.00551. The number of carbonyl (C=O) groups excluding carboxylic acids is 3. The average molecular weight is 638 g/mol. The number of ether oxygens (including phenoxy) is 1. The van der Waals surface area contributed by atoms with Crippen molar-refractivity contribution in [3.63, 3.8) is 0 Å². The van der Waals surface area contributed by atoms with Crippen LogP contribution in [0.15, 0.2) is 35.5 Å². The van der Waals surface area contributed by atoms with Gasteiger partial charge in [0.1, 0.15) is 5.70 Å². The molecule has 43 heavy (non-hydrogen) atoms. The lowest BCUT2D eigenvalue weighted by Gasteiger charge is -2.49. The van der Waals surface area contributed by atoms with Crippen LogP contribution in [0, 0.1) is 22.0 Å². The number of carbonyl (C=O) groups is 3. The summed E-state index contributed by atoms with van der Waals surface area (Å²) in [4.78, 5) is 53.7. The van der Waals surface area contributed by atoms with Gasteiger partial charge in [-0.2, -0.15) is 13.1 Å². The van der Waals surface area contributed by atoms with Crippen LogP contribution in [-0.2, 0) is 29.0 Å². The quantitative estimate of drug-likeness (QED) is 0.0806. The van der Waals surface area contributed by atoms with Crippen LogP contribution < -0.4 is 9.86 Å². The molecule has 1 amide bonds. The SMILES string of the molecule is CC[Si](CC)(CC)O[C@H](C)[C@H]1C(=O)N2C(C(=O)OC(=O)c3ccc([N+](=O)[O-])cc3)=C(CN3CC(NS(N)(=O)=O)C3)[C@H](C)[C@H]12. The van der Waals surface area contributed by atoms with E-state index < -0.39 is 41.3 Å². The zero-order chi connectivity index (χ0) is 31.9. The number of benzene rings is 1. The third kappa shape index (κ3) is 6.58. The van der Waals surface area contributed by atoms with Gasteiger partial charge in [0, 0.05) is 43.7 Å². The van der Waals surface area contributed by atoms with Crippen molar-refractivity contribution in [2.75, 3.05) is 19.6 Å². The van der Waals surface area contributed by atoms with E-state index in [-0.39, 0.29) is 53.5 Å². The summed E-state index contributed by atoms with van der Waals surface area (Å²) < 4.78 is 37.0. The molecule has 1 aromatic carbocycles. The molecule has 236 valence electrons. The molecule has 0 bridgehead atoms. The number of nitro groups is 1. The Morgan fingerprint density at radius 3 is 2.23 bits per heavy atom. The highest BCUT2D eigenvalue weighted by atomic mass is 32.2. The summed E-state index contributed by atoms with van der Waals surface area (Å²) in [5, 5.41) is 16.0. The summed E-state index contributed by atoms with van der Waals surface area (Å²) in [5.41, 5.74) is 0.320. The Hall–Kier alpha value is -3.02. The fourth-order valence-electron chi connectivity index (χ4n) is 6.45. The van der Waals surface area contributed by atoms with Crippen LogP contribution in [0.4, 0.5) is 5.69 Å². The minimum atomic E-state index is -3.87. The molecular weight excluding hydrogens is 598 g/mol. The normalized spacial score (nSPS) is 23.4. The predicted octanol–water partition coefficient (Wildman–Crippen LogP) is 1.90. The number of β-lactam (4-membered cyclic amide) rings is 1. The first kappa shape index (κ1) is 32.9. The molecule has 0 spiro atoms. The van der Waals surface area contributed by atoms with E-state index in [0.29, 0.717) is 18.7 Å². The summed E-state index contributed by atoms with van der Waals surface area (Å²) in [6.45, 7) is 11.1. The van der Waals surface area contributed by atoms with Crippen LogP contribution in [0.1, 0.15) is 45.0 Å². The molecule has 4 rings (SSSR count). The predicted molar refractivity (Wildman–Crippen MR) is 158 cm³/mol. The van der Waals surface area contributed by atoms with E-state index in [4.69, 9.17) is 14.3 Å². The maximum atomic E-state index is 13.6. The number of non-ortho nitro benzene ring substituents is 1. The van der Waals surface area contributed by atoms with Gasteiger partial charge in [0.2, 0.25) is 5.91 Å². The maximum Gasteiger partial charge on any atom is 0.362 e. The van der Waals surface area contributed by atoms with Crippen molar-refractivity contribution < 1.29 is 36.9 Å². The van der Waals surface area contributed by atoms with Gasteiger partial charge in [0.05, 0.1) is 28.6 Å². The highest BCUT2D eigenvalue weighted by Crippen LogP contribution is 2.49. The number of nitro benzene ring substituents is 1. The van der Waals surface area contributed by atoms with E-state index >= 15 is 0 Å². The van der Waals surface area contributed by atoms with Gasteiger partial charge in [-0.25, -0.2) is 14.7 Å². The summed E-state index contributed by atoms with van der Waals surface area (Å²) >= 11 is 0. The number of likely N-dealkylation sites (tertiary alicyclic amines) is 1. The van der Waals surface area contributed by atoms with Crippen LogP contribution in [0.2, 0.25) is 18.1 Å². The zero-order valence-corrected chi connectivity index (χ0v) is 26.8. The number of fused-ring (bicyclic) bond motifs is 1. The Bertz CT molecular complexity index is 1420. The molecule has 0 aliphatic carbocycles. The van der Waals surface area contributed by atoms with Gasteiger partial charge >= 0.3 is 11.9 Å². The lowest BCUT2D eigenvalue weighted by molar-refractivity contribution is -0.384. The first-order valence-electron chi connectivity index (χ1n) is 14.4. The Kier molecular flexibility index (Phi) is 9.58. The van der Waals surface area contributed by atoms with Crippen molar-refractivity contribution in [3.8, 4) is 0 Å². The van der Waals surface area contributed by atoms with Gasteiger partial charge in [-0.15, -0.1) is 0 Å². The largest absolute Gasteiger partial charge is 0.413 e. The first-order valence-corrected chi connectivity index (χ1v) is 18.5. The summed E-state index contributed by atoms with van der Waals surface area (Å²) in [6, 6.07) is 6.65. The Labute approximate surface area is 252 Å². The van der Waals surface area contributed by atoms with Crippen molar-refractivity contribution in [2.24, 2.45) is 17.0 Å². The molecule has 3 N–H and O–H groups in total. The molecule has 3 aliphatic rings. The van der Waals surface area contributed by atoms with Gasteiger partial charge in [-0.05, 0) is 42.8 Å². The standard InChI is InChI=1S/C27H39N5O9SSi/c1-6-43(7-2,8-3)41-17(5)22-23-16(4)21(15-30-13-19(14-30)29-42(28,38)39)24(31(23)25(22)33)27(35)40-26(34)18-9-11-20(12-10-18)32(36)37/h9-12,16-17,19,22-23,29H,6-8,13-15H2,1-5H3,(H2,28,38,39)/t16-,17+,22+,23+/m0/s1. The second-order valence-corrected chi connectivity index (χ2v) is 17.5. The van der Waals surface area contributed by atoms with Crippen LogP contribution in [-0.4, -0.2) is 87.1 Å². The fourth-order valence-corrected chi connectivity index (χ4v) is 10.0. The van der Waals surface area contributed by atoms with Crippen molar-refractivity contribution >= 4 is 42.1 Å².